The molecule has 1 aromatic heterocycles. The Kier molecular flexibility index (Phi) is 2.40. The number of benzene rings is 1. The lowest BCUT2D eigenvalue weighted by Gasteiger charge is -2.25. The van der Waals surface area contributed by atoms with E-state index in [9.17, 15) is 0 Å². The number of aryl methyl sites for hydroxylation is 1. The average Bonchev–Trinajstić information content (AvgIpc) is 2.77. The van der Waals surface area contributed by atoms with Gasteiger partial charge in [-0.15, -0.1) is 0 Å². The lowest BCUT2D eigenvalue weighted by molar-refractivity contribution is 0.435. The van der Waals surface area contributed by atoms with Crippen LogP contribution in [0.3, 0.4) is 0 Å². The first-order valence-corrected chi connectivity index (χ1v) is 6.30. The molecule has 0 radical (unpaired) electrons. The summed E-state index contributed by atoms with van der Waals surface area (Å²) in [4.78, 5) is 4.55. The molecule has 88 valence electrons. The van der Waals surface area contributed by atoms with E-state index in [1.54, 1.807) is 0 Å². The second-order valence-electron chi connectivity index (χ2n) is 5.22. The standard InChI is InChI=1S/C15H18N2/c1-11-4-5-12-10-13(6-7-14(12)17-11)15(2)8-3-9-16-15/h4-7,10,16H,3,8-9H2,1-2H3. The fraction of sp³-hybridized carbons (Fsp3) is 0.400. The fourth-order valence-electron chi connectivity index (χ4n) is 2.71. The van der Waals surface area contributed by atoms with Gasteiger partial charge in [-0.3, -0.25) is 4.98 Å². The van der Waals surface area contributed by atoms with Crippen molar-refractivity contribution >= 4 is 10.9 Å². The molecule has 1 aromatic carbocycles. The third kappa shape index (κ3) is 1.83. The molecule has 1 aliphatic rings. The molecule has 1 fully saturated rings. The van der Waals surface area contributed by atoms with Crippen LogP contribution in [0.5, 0.6) is 0 Å². The van der Waals surface area contributed by atoms with Crippen LogP contribution in [0.15, 0.2) is 30.3 Å². The highest BCUT2D eigenvalue weighted by Crippen LogP contribution is 2.31. The molecule has 1 saturated heterocycles. The molecule has 1 aliphatic heterocycles. The second-order valence-corrected chi connectivity index (χ2v) is 5.22. The zero-order chi connectivity index (χ0) is 11.9. The van der Waals surface area contributed by atoms with Crippen molar-refractivity contribution in [1.29, 1.82) is 0 Å². The molecule has 3 rings (SSSR count). The zero-order valence-electron chi connectivity index (χ0n) is 10.5. The van der Waals surface area contributed by atoms with E-state index in [2.05, 4.69) is 47.6 Å². The minimum atomic E-state index is 0.152. The molecule has 2 nitrogen and oxygen atoms in total. The fourth-order valence-corrected chi connectivity index (χ4v) is 2.71. The first kappa shape index (κ1) is 10.7. The van der Waals surface area contributed by atoms with Crippen molar-refractivity contribution in [2.45, 2.75) is 32.2 Å². The Morgan fingerprint density at radius 3 is 2.88 bits per heavy atom. The number of nitrogens with zero attached hydrogens (tertiary/aromatic N) is 1. The van der Waals surface area contributed by atoms with Crippen LogP contribution in [0.25, 0.3) is 10.9 Å². The van der Waals surface area contributed by atoms with E-state index in [-0.39, 0.29) is 5.54 Å². The number of fused-ring (bicyclic) bond motifs is 1. The predicted molar refractivity (Wildman–Crippen MR) is 71.1 cm³/mol. The van der Waals surface area contributed by atoms with Crippen molar-refractivity contribution in [3.05, 3.63) is 41.6 Å². The molecule has 0 saturated carbocycles. The summed E-state index contributed by atoms with van der Waals surface area (Å²) >= 11 is 0. The van der Waals surface area contributed by atoms with Crippen LogP contribution in [0.2, 0.25) is 0 Å². The van der Waals surface area contributed by atoms with Crippen molar-refractivity contribution in [3.63, 3.8) is 0 Å². The third-order valence-electron chi connectivity index (χ3n) is 3.83. The van der Waals surface area contributed by atoms with E-state index in [1.807, 2.05) is 6.92 Å². The van der Waals surface area contributed by atoms with E-state index in [1.165, 1.54) is 23.8 Å². The normalized spacial score (nSPS) is 24.4. The SMILES string of the molecule is Cc1ccc2cc(C3(C)CCCN3)ccc2n1. The van der Waals surface area contributed by atoms with Crippen LogP contribution in [-0.2, 0) is 5.54 Å². The molecule has 0 amide bonds. The maximum absolute atomic E-state index is 4.55. The molecule has 1 atom stereocenters. The highest BCUT2D eigenvalue weighted by molar-refractivity contribution is 5.79. The molecule has 2 heterocycles. The molecular formula is C15H18N2. The Morgan fingerprint density at radius 1 is 1.24 bits per heavy atom. The minimum absolute atomic E-state index is 0.152. The summed E-state index contributed by atoms with van der Waals surface area (Å²) in [5.41, 5.74) is 3.71. The van der Waals surface area contributed by atoms with Gasteiger partial charge in [-0.2, -0.15) is 0 Å². The van der Waals surface area contributed by atoms with Gasteiger partial charge in [0.05, 0.1) is 5.52 Å². The first-order valence-electron chi connectivity index (χ1n) is 6.30. The zero-order valence-corrected chi connectivity index (χ0v) is 10.5. The number of hydrogen-bond donors (Lipinski definition) is 1. The highest BCUT2D eigenvalue weighted by Gasteiger charge is 2.29. The Bertz CT molecular complexity index is 554. The van der Waals surface area contributed by atoms with Gasteiger partial charge in [0.25, 0.3) is 0 Å². The molecule has 0 spiro atoms. The second kappa shape index (κ2) is 3.81. The highest BCUT2D eigenvalue weighted by atomic mass is 15.0. The average molecular weight is 226 g/mol. The summed E-state index contributed by atoms with van der Waals surface area (Å²) in [6.07, 6.45) is 2.48. The van der Waals surface area contributed by atoms with Gasteiger partial charge in [-0.05, 0) is 57.0 Å². The molecule has 0 aliphatic carbocycles. The van der Waals surface area contributed by atoms with Crippen molar-refractivity contribution in [2.24, 2.45) is 0 Å². The van der Waals surface area contributed by atoms with Gasteiger partial charge in [0, 0.05) is 16.6 Å². The predicted octanol–water partition coefficient (Wildman–Crippen LogP) is 3.14. The molecule has 2 heteroatoms. The van der Waals surface area contributed by atoms with Crippen LogP contribution < -0.4 is 5.32 Å². The Morgan fingerprint density at radius 2 is 2.12 bits per heavy atom. The van der Waals surface area contributed by atoms with Gasteiger partial charge < -0.3 is 5.32 Å². The van der Waals surface area contributed by atoms with Gasteiger partial charge in [-0.25, -0.2) is 0 Å². The molecule has 2 aromatic rings. The number of hydrogen-bond acceptors (Lipinski definition) is 2. The summed E-state index contributed by atoms with van der Waals surface area (Å²) < 4.78 is 0. The smallest absolute Gasteiger partial charge is 0.0705 e. The van der Waals surface area contributed by atoms with E-state index in [4.69, 9.17) is 0 Å². The monoisotopic (exact) mass is 226 g/mol. The number of aromatic nitrogens is 1. The summed E-state index contributed by atoms with van der Waals surface area (Å²) in [5.74, 6) is 0. The van der Waals surface area contributed by atoms with Gasteiger partial charge in [-0.1, -0.05) is 12.1 Å². The number of pyridine rings is 1. The van der Waals surface area contributed by atoms with Gasteiger partial charge in [0.1, 0.15) is 0 Å². The Hall–Kier alpha value is -1.41. The summed E-state index contributed by atoms with van der Waals surface area (Å²) in [7, 11) is 0. The number of nitrogens with one attached hydrogen (secondary N) is 1. The van der Waals surface area contributed by atoms with Crippen molar-refractivity contribution in [1.82, 2.24) is 10.3 Å². The van der Waals surface area contributed by atoms with E-state index in [0.717, 1.165) is 17.8 Å². The quantitative estimate of drug-likeness (QED) is 0.808. The lowest BCUT2D eigenvalue weighted by Crippen LogP contribution is -2.32. The van der Waals surface area contributed by atoms with Crippen LogP contribution in [0.1, 0.15) is 31.0 Å². The molecule has 0 bridgehead atoms. The van der Waals surface area contributed by atoms with Crippen LogP contribution in [0, 0.1) is 6.92 Å². The Balaban J connectivity index is 2.10. The largest absolute Gasteiger partial charge is 0.308 e. The number of rotatable bonds is 1. The first-order chi connectivity index (χ1) is 8.17. The van der Waals surface area contributed by atoms with Crippen molar-refractivity contribution in [2.75, 3.05) is 6.54 Å². The topological polar surface area (TPSA) is 24.9 Å². The minimum Gasteiger partial charge on any atom is -0.308 e. The van der Waals surface area contributed by atoms with E-state index in [0.29, 0.717) is 0 Å². The molecular weight excluding hydrogens is 208 g/mol. The van der Waals surface area contributed by atoms with Crippen LogP contribution in [0.4, 0.5) is 0 Å². The van der Waals surface area contributed by atoms with E-state index < -0.39 is 0 Å². The molecule has 1 N–H and O–H groups in total. The summed E-state index contributed by atoms with van der Waals surface area (Å²) in [5, 5.41) is 4.84. The maximum atomic E-state index is 4.55. The summed E-state index contributed by atoms with van der Waals surface area (Å²) in [6, 6.07) is 10.9. The summed E-state index contributed by atoms with van der Waals surface area (Å²) in [6.45, 7) is 5.46. The van der Waals surface area contributed by atoms with Gasteiger partial charge in [0.2, 0.25) is 0 Å². The Labute approximate surface area is 102 Å². The van der Waals surface area contributed by atoms with Gasteiger partial charge >= 0.3 is 0 Å². The van der Waals surface area contributed by atoms with Crippen molar-refractivity contribution in [3.8, 4) is 0 Å². The maximum Gasteiger partial charge on any atom is 0.0705 e. The lowest BCUT2D eigenvalue weighted by atomic mass is 9.89. The van der Waals surface area contributed by atoms with Crippen LogP contribution in [-0.4, -0.2) is 11.5 Å². The van der Waals surface area contributed by atoms with Crippen molar-refractivity contribution < 1.29 is 0 Å². The van der Waals surface area contributed by atoms with Crippen LogP contribution >= 0.6 is 0 Å². The van der Waals surface area contributed by atoms with Gasteiger partial charge in [0.15, 0.2) is 0 Å². The van der Waals surface area contributed by atoms with E-state index >= 15 is 0 Å². The molecule has 1 unspecified atom stereocenters. The third-order valence-corrected chi connectivity index (χ3v) is 3.83. The molecule has 17 heavy (non-hydrogen) atoms.